The second kappa shape index (κ2) is 7.23. The third kappa shape index (κ3) is 5.60. The van der Waals surface area contributed by atoms with E-state index in [0.29, 0.717) is 0 Å². The van der Waals surface area contributed by atoms with Gasteiger partial charge in [0.25, 0.3) is 0 Å². The van der Waals surface area contributed by atoms with Crippen LogP contribution in [0.25, 0.3) is 0 Å². The van der Waals surface area contributed by atoms with Gasteiger partial charge in [-0.05, 0) is 26.9 Å². The van der Waals surface area contributed by atoms with E-state index in [1.54, 1.807) is 0 Å². The van der Waals surface area contributed by atoms with Crippen LogP contribution in [0.4, 0.5) is 0 Å². The van der Waals surface area contributed by atoms with Crippen molar-refractivity contribution in [2.75, 3.05) is 38.7 Å². The summed E-state index contributed by atoms with van der Waals surface area (Å²) in [7, 11) is 2.27. The van der Waals surface area contributed by atoms with Gasteiger partial charge in [0.05, 0.1) is 6.54 Å². The first-order valence-electron chi connectivity index (χ1n) is 5.45. The SMILES string of the molecule is CC.CN(C)CCN=S1(=O)CCCC1. The number of likely N-dealkylation sites (N-methyl/N-ethyl adjacent to an activating group) is 1. The fourth-order valence-corrected chi connectivity index (χ4v) is 3.48. The number of hydrogen-bond acceptors (Lipinski definition) is 3. The molecule has 0 aliphatic carbocycles. The molecule has 86 valence electrons. The van der Waals surface area contributed by atoms with Crippen LogP contribution in [-0.2, 0) is 9.73 Å². The maximum atomic E-state index is 11.8. The summed E-state index contributed by atoms with van der Waals surface area (Å²) >= 11 is 0. The van der Waals surface area contributed by atoms with Crippen molar-refractivity contribution in [3.63, 3.8) is 0 Å². The Labute approximate surface area is 89.1 Å². The van der Waals surface area contributed by atoms with Crippen molar-refractivity contribution in [3.05, 3.63) is 0 Å². The molecule has 0 amide bonds. The van der Waals surface area contributed by atoms with Gasteiger partial charge in [0.1, 0.15) is 0 Å². The molecule has 1 fully saturated rings. The molecule has 1 aliphatic rings. The summed E-state index contributed by atoms with van der Waals surface area (Å²) < 4.78 is 16.1. The molecular weight excluding hydrogens is 196 g/mol. The molecule has 1 rings (SSSR count). The lowest BCUT2D eigenvalue weighted by Gasteiger charge is -2.06. The summed E-state index contributed by atoms with van der Waals surface area (Å²) in [6.45, 7) is 5.64. The minimum Gasteiger partial charge on any atom is -0.308 e. The van der Waals surface area contributed by atoms with Gasteiger partial charge < -0.3 is 4.90 Å². The third-order valence-electron chi connectivity index (χ3n) is 2.05. The van der Waals surface area contributed by atoms with Gasteiger partial charge in [-0.1, -0.05) is 13.8 Å². The third-order valence-corrected chi connectivity index (χ3v) is 4.56. The van der Waals surface area contributed by atoms with E-state index < -0.39 is 9.73 Å². The lowest BCUT2D eigenvalue weighted by Crippen LogP contribution is -2.16. The van der Waals surface area contributed by atoms with Gasteiger partial charge in [0, 0.05) is 27.8 Å². The van der Waals surface area contributed by atoms with Crippen LogP contribution in [0.3, 0.4) is 0 Å². The first-order valence-corrected chi connectivity index (χ1v) is 7.31. The van der Waals surface area contributed by atoms with E-state index >= 15 is 0 Å². The van der Waals surface area contributed by atoms with Gasteiger partial charge in [0.15, 0.2) is 0 Å². The Morgan fingerprint density at radius 2 is 1.71 bits per heavy atom. The minimum absolute atomic E-state index is 0.728. The Morgan fingerprint density at radius 3 is 2.14 bits per heavy atom. The van der Waals surface area contributed by atoms with E-state index in [1.165, 1.54) is 0 Å². The van der Waals surface area contributed by atoms with Crippen LogP contribution < -0.4 is 0 Å². The summed E-state index contributed by atoms with van der Waals surface area (Å²) in [5, 5.41) is 0. The highest BCUT2D eigenvalue weighted by atomic mass is 32.2. The summed E-state index contributed by atoms with van der Waals surface area (Å²) in [5.74, 6) is 1.67. The molecule has 14 heavy (non-hydrogen) atoms. The highest BCUT2D eigenvalue weighted by molar-refractivity contribution is 7.93. The predicted molar refractivity (Wildman–Crippen MR) is 64.3 cm³/mol. The smallest absolute Gasteiger partial charge is 0.0611 e. The van der Waals surface area contributed by atoms with Crippen LogP contribution in [0.5, 0.6) is 0 Å². The largest absolute Gasteiger partial charge is 0.308 e. The Morgan fingerprint density at radius 1 is 1.21 bits per heavy atom. The molecule has 0 N–H and O–H groups in total. The lowest BCUT2D eigenvalue weighted by molar-refractivity contribution is 0.421. The quantitative estimate of drug-likeness (QED) is 0.727. The Hall–Kier alpha value is -0.0900. The monoisotopic (exact) mass is 220 g/mol. The van der Waals surface area contributed by atoms with Crippen molar-refractivity contribution in [3.8, 4) is 0 Å². The van der Waals surface area contributed by atoms with Gasteiger partial charge in [0.2, 0.25) is 0 Å². The van der Waals surface area contributed by atoms with E-state index in [2.05, 4.69) is 9.26 Å². The standard InChI is InChI=1S/C8H18N2OS.C2H6/c1-10(2)6-5-9-12(11)7-3-4-8-12;1-2/h3-8H2,1-2H3;1-2H3. The molecule has 0 aromatic rings. The fraction of sp³-hybridized carbons (Fsp3) is 1.00. The molecular formula is C10H24N2OS. The average molecular weight is 220 g/mol. The van der Waals surface area contributed by atoms with Gasteiger partial charge >= 0.3 is 0 Å². The van der Waals surface area contributed by atoms with Crippen molar-refractivity contribution < 1.29 is 4.21 Å². The second-order valence-electron chi connectivity index (χ2n) is 3.54. The van der Waals surface area contributed by atoms with Crippen LogP contribution in [0, 0.1) is 0 Å². The Balaban J connectivity index is 0.000000791. The molecule has 0 radical (unpaired) electrons. The van der Waals surface area contributed by atoms with Crippen molar-refractivity contribution in [1.29, 1.82) is 0 Å². The normalized spacial score (nSPS) is 18.9. The number of hydrogen-bond donors (Lipinski definition) is 0. The van der Waals surface area contributed by atoms with Crippen LogP contribution in [0.15, 0.2) is 4.36 Å². The summed E-state index contributed by atoms with van der Waals surface area (Å²) in [6, 6.07) is 0. The maximum absolute atomic E-state index is 11.8. The van der Waals surface area contributed by atoms with Gasteiger partial charge in [-0.25, -0.2) is 8.57 Å². The molecule has 3 nitrogen and oxygen atoms in total. The first kappa shape index (κ1) is 13.9. The van der Waals surface area contributed by atoms with Crippen molar-refractivity contribution in [1.82, 2.24) is 4.90 Å². The lowest BCUT2D eigenvalue weighted by atomic mass is 10.4. The number of nitrogens with zero attached hydrogens (tertiary/aromatic N) is 2. The van der Waals surface area contributed by atoms with E-state index in [-0.39, 0.29) is 0 Å². The first-order chi connectivity index (χ1) is 6.62. The highest BCUT2D eigenvalue weighted by Crippen LogP contribution is 2.12. The molecule has 0 bridgehead atoms. The molecule has 1 aliphatic heterocycles. The molecule has 1 heterocycles. The fourth-order valence-electron chi connectivity index (χ4n) is 1.29. The van der Waals surface area contributed by atoms with Crippen molar-refractivity contribution in [2.45, 2.75) is 26.7 Å². The van der Waals surface area contributed by atoms with Gasteiger partial charge in [-0.15, -0.1) is 0 Å². The predicted octanol–water partition coefficient (Wildman–Crippen LogP) is 1.84. The molecule has 0 aromatic heterocycles. The zero-order chi connectivity index (χ0) is 11.0. The Bertz CT molecular complexity index is 231. The number of rotatable bonds is 3. The van der Waals surface area contributed by atoms with Gasteiger partial charge in [-0.3, -0.25) is 0 Å². The van der Waals surface area contributed by atoms with Crippen LogP contribution >= 0.6 is 0 Å². The van der Waals surface area contributed by atoms with E-state index in [4.69, 9.17) is 0 Å². The van der Waals surface area contributed by atoms with Crippen LogP contribution in [0.2, 0.25) is 0 Å². The second-order valence-corrected chi connectivity index (χ2v) is 6.16. The summed E-state index contributed by atoms with van der Waals surface area (Å²) in [4.78, 5) is 2.07. The zero-order valence-electron chi connectivity index (χ0n) is 9.95. The van der Waals surface area contributed by atoms with Crippen molar-refractivity contribution in [2.24, 2.45) is 4.36 Å². The van der Waals surface area contributed by atoms with Crippen LogP contribution in [0.1, 0.15) is 26.7 Å². The Kier molecular flexibility index (Phi) is 7.19. The summed E-state index contributed by atoms with van der Waals surface area (Å²) in [5.41, 5.74) is 0. The molecule has 0 spiro atoms. The van der Waals surface area contributed by atoms with E-state index in [1.807, 2.05) is 27.9 Å². The molecule has 1 saturated heterocycles. The maximum Gasteiger partial charge on any atom is 0.0611 e. The zero-order valence-corrected chi connectivity index (χ0v) is 10.8. The molecule has 0 saturated carbocycles. The van der Waals surface area contributed by atoms with Gasteiger partial charge in [-0.2, -0.15) is 0 Å². The summed E-state index contributed by atoms with van der Waals surface area (Å²) in [6.07, 6.45) is 2.20. The average Bonchev–Trinajstić information content (AvgIpc) is 2.55. The highest BCUT2D eigenvalue weighted by Gasteiger charge is 2.15. The van der Waals surface area contributed by atoms with E-state index in [9.17, 15) is 4.21 Å². The minimum atomic E-state index is -1.75. The van der Waals surface area contributed by atoms with E-state index in [0.717, 1.165) is 37.4 Å². The van der Waals surface area contributed by atoms with Crippen LogP contribution in [-0.4, -0.2) is 47.8 Å². The molecule has 0 aromatic carbocycles. The molecule has 0 atom stereocenters. The molecule has 4 heteroatoms. The topological polar surface area (TPSA) is 32.7 Å². The van der Waals surface area contributed by atoms with Crippen molar-refractivity contribution >= 4 is 9.73 Å². The molecule has 0 unspecified atom stereocenters.